The molecule has 102 valence electrons. The fourth-order valence-electron chi connectivity index (χ4n) is 1.90. The van der Waals surface area contributed by atoms with Crippen LogP contribution in [0.15, 0.2) is 18.2 Å². The molecule has 1 heterocycles. The second-order valence-corrected chi connectivity index (χ2v) is 4.68. The number of carbonyl (C=O) groups excluding carboxylic acids is 1. The highest BCUT2D eigenvalue weighted by molar-refractivity contribution is 6.30. The van der Waals surface area contributed by atoms with Crippen molar-refractivity contribution in [2.45, 2.75) is 6.54 Å². The largest absolute Gasteiger partial charge is 0.465 e. The Hall–Kier alpha value is -1.82. The van der Waals surface area contributed by atoms with E-state index in [2.05, 4.69) is 0 Å². The van der Waals surface area contributed by atoms with Gasteiger partial charge in [0.15, 0.2) is 0 Å². The predicted octanol–water partition coefficient (Wildman–Crippen LogP) is 1.80. The van der Waals surface area contributed by atoms with Crippen LogP contribution in [0, 0.1) is 5.82 Å². The molecule has 1 fully saturated rings. The van der Waals surface area contributed by atoms with Crippen molar-refractivity contribution in [1.29, 1.82) is 0 Å². The van der Waals surface area contributed by atoms with Gasteiger partial charge in [0.1, 0.15) is 12.4 Å². The first-order chi connectivity index (χ1) is 8.97. The van der Waals surface area contributed by atoms with Crippen LogP contribution in [0.2, 0.25) is 5.02 Å². The van der Waals surface area contributed by atoms with Crippen LogP contribution >= 0.6 is 11.6 Å². The van der Waals surface area contributed by atoms with Crippen LogP contribution in [-0.2, 0) is 11.3 Å². The molecule has 1 aliphatic rings. The van der Waals surface area contributed by atoms with Crippen LogP contribution in [-0.4, -0.2) is 46.5 Å². The number of hydrogen-bond acceptors (Lipinski definition) is 2. The van der Waals surface area contributed by atoms with E-state index < -0.39 is 11.9 Å². The summed E-state index contributed by atoms with van der Waals surface area (Å²) in [5, 5.41) is 8.80. The molecule has 19 heavy (non-hydrogen) atoms. The van der Waals surface area contributed by atoms with Gasteiger partial charge in [0, 0.05) is 19.6 Å². The van der Waals surface area contributed by atoms with Gasteiger partial charge < -0.3 is 10.0 Å². The number of amides is 2. The molecule has 0 aliphatic carbocycles. The normalized spacial score (nSPS) is 15.8. The third kappa shape index (κ3) is 3.14. The fourth-order valence-corrected chi connectivity index (χ4v) is 2.10. The van der Waals surface area contributed by atoms with Crippen molar-refractivity contribution >= 4 is 23.6 Å². The van der Waals surface area contributed by atoms with Gasteiger partial charge in [-0.15, -0.1) is 0 Å². The van der Waals surface area contributed by atoms with Crippen molar-refractivity contribution in [3.63, 3.8) is 0 Å². The van der Waals surface area contributed by atoms with E-state index in [0.29, 0.717) is 18.7 Å². The Bertz CT molecular complexity index is 524. The molecular formula is C12H12ClFN2O3. The summed E-state index contributed by atoms with van der Waals surface area (Å²) in [6, 6.07) is 4.27. The Morgan fingerprint density at radius 2 is 2.16 bits per heavy atom. The van der Waals surface area contributed by atoms with E-state index in [-0.39, 0.29) is 24.0 Å². The number of halogens is 2. The van der Waals surface area contributed by atoms with Gasteiger partial charge in [-0.2, -0.15) is 0 Å². The van der Waals surface area contributed by atoms with Gasteiger partial charge in [0.25, 0.3) is 0 Å². The lowest BCUT2D eigenvalue weighted by Gasteiger charge is -2.32. The molecule has 1 aromatic rings. The molecule has 2 amide bonds. The topological polar surface area (TPSA) is 60.9 Å². The number of hydrogen-bond donors (Lipinski definition) is 1. The van der Waals surface area contributed by atoms with Crippen molar-refractivity contribution in [3.8, 4) is 0 Å². The second-order valence-electron chi connectivity index (χ2n) is 4.27. The zero-order valence-corrected chi connectivity index (χ0v) is 10.7. The summed E-state index contributed by atoms with van der Waals surface area (Å²) in [7, 11) is 0. The maximum atomic E-state index is 13.0. The first kappa shape index (κ1) is 13.6. The molecule has 2 rings (SSSR count). The molecule has 7 heteroatoms. The molecule has 0 radical (unpaired) electrons. The molecule has 0 saturated carbocycles. The van der Waals surface area contributed by atoms with Crippen LogP contribution in [0.25, 0.3) is 0 Å². The summed E-state index contributed by atoms with van der Waals surface area (Å²) in [4.78, 5) is 25.1. The lowest BCUT2D eigenvalue weighted by Crippen LogP contribution is -2.51. The SMILES string of the molecule is O=C(O)N1CCN(Cc2ccc(F)c(Cl)c2)C(=O)C1. The predicted molar refractivity (Wildman–Crippen MR) is 66.4 cm³/mol. The Balaban J connectivity index is 2.02. The van der Waals surface area contributed by atoms with Gasteiger partial charge in [-0.25, -0.2) is 9.18 Å². The van der Waals surface area contributed by atoms with E-state index in [9.17, 15) is 14.0 Å². The number of piperazine rings is 1. The fraction of sp³-hybridized carbons (Fsp3) is 0.333. The Morgan fingerprint density at radius 1 is 1.42 bits per heavy atom. The van der Waals surface area contributed by atoms with E-state index >= 15 is 0 Å². The number of carbonyl (C=O) groups is 2. The molecule has 0 spiro atoms. The van der Waals surface area contributed by atoms with Gasteiger partial charge in [-0.05, 0) is 17.7 Å². The van der Waals surface area contributed by atoms with Crippen LogP contribution in [0.5, 0.6) is 0 Å². The van der Waals surface area contributed by atoms with E-state index in [0.717, 1.165) is 4.90 Å². The number of rotatable bonds is 2. The minimum atomic E-state index is -1.10. The van der Waals surface area contributed by atoms with Crippen molar-refractivity contribution < 1.29 is 19.1 Å². The molecule has 0 atom stereocenters. The molecule has 5 nitrogen and oxygen atoms in total. The van der Waals surface area contributed by atoms with E-state index in [1.54, 1.807) is 6.07 Å². The van der Waals surface area contributed by atoms with Crippen LogP contribution in [0.4, 0.5) is 9.18 Å². The quantitative estimate of drug-likeness (QED) is 0.902. The maximum absolute atomic E-state index is 13.0. The van der Waals surface area contributed by atoms with Gasteiger partial charge in [-0.1, -0.05) is 17.7 Å². The summed E-state index contributed by atoms with van der Waals surface area (Å²) < 4.78 is 13.0. The lowest BCUT2D eigenvalue weighted by molar-refractivity contribution is -0.135. The molecule has 0 bridgehead atoms. The summed E-state index contributed by atoms with van der Waals surface area (Å²) >= 11 is 5.67. The molecule has 1 aromatic carbocycles. The smallest absolute Gasteiger partial charge is 0.407 e. The molecule has 1 N–H and O–H groups in total. The van der Waals surface area contributed by atoms with E-state index in [4.69, 9.17) is 16.7 Å². The molecule has 0 aromatic heterocycles. The number of carboxylic acid groups (broad SMARTS) is 1. The van der Waals surface area contributed by atoms with Gasteiger partial charge in [-0.3, -0.25) is 9.69 Å². The second kappa shape index (κ2) is 5.44. The number of benzene rings is 1. The van der Waals surface area contributed by atoms with Gasteiger partial charge >= 0.3 is 6.09 Å². The molecule has 0 unspecified atom stereocenters. The zero-order valence-electron chi connectivity index (χ0n) is 9.97. The highest BCUT2D eigenvalue weighted by Gasteiger charge is 2.26. The minimum absolute atomic E-state index is 0.00845. The summed E-state index contributed by atoms with van der Waals surface area (Å²) in [5.41, 5.74) is 0.712. The van der Waals surface area contributed by atoms with Crippen LogP contribution in [0.1, 0.15) is 5.56 Å². The van der Waals surface area contributed by atoms with Gasteiger partial charge in [0.05, 0.1) is 5.02 Å². The minimum Gasteiger partial charge on any atom is -0.465 e. The summed E-state index contributed by atoms with van der Waals surface area (Å²) in [6.45, 7) is 0.743. The average Bonchev–Trinajstić information content (AvgIpc) is 2.36. The van der Waals surface area contributed by atoms with Crippen molar-refractivity contribution in [2.75, 3.05) is 19.6 Å². The molecule has 1 aliphatic heterocycles. The Labute approximate surface area is 114 Å². The van der Waals surface area contributed by atoms with Crippen molar-refractivity contribution in [2.24, 2.45) is 0 Å². The Kier molecular flexibility index (Phi) is 3.90. The zero-order chi connectivity index (χ0) is 14.0. The van der Waals surface area contributed by atoms with E-state index in [1.807, 2.05) is 0 Å². The van der Waals surface area contributed by atoms with Gasteiger partial charge in [0.2, 0.25) is 5.91 Å². The van der Waals surface area contributed by atoms with Crippen molar-refractivity contribution in [3.05, 3.63) is 34.6 Å². The highest BCUT2D eigenvalue weighted by Crippen LogP contribution is 2.18. The number of nitrogens with zero attached hydrogens (tertiary/aromatic N) is 2. The third-order valence-electron chi connectivity index (χ3n) is 2.95. The summed E-state index contributed by atoms with van der Waals surface area (Å²) in [6.07, 6.45) is -1.10. The first-order valence-electron chi connectivity index (χ1n) is 5.67. The standard InChI is InChI=1S/C12H12ClFN2O3/c13-9-5-8(1-2-10(9)14)6-15-3-4-16(12(18)19)7-11(15)17/h1-2,5H,3-4,6-7H2,(H,18,19). The van der Waals surface area contributed by atoms with Crippen LogP contribution in [0.3, 0.4) is 0 Å². The summed E-state index contributed by atoms with van der Waals surface area (Å²) in [5.74, 6) is -0.776. The Morgan fingerprint density at radius 3 is 2.74 bits per heavy atom. The molecular weight excluding hydrogens is 275 g/mol. The maximum Gasteiger partial charge on any atom is 0.407 e. The first-order valence-corrected chi connectivity index (χ1v) is 6.05. The average molecular weight is 287 g/mol. The van der Waals surface area contributed by atoms with E-state index in [1.165, 1.54) is 17.0 Å². The monoisotopic (exact) mass is 286 g/mol. The molecule has 1 saturated heterocycles. The van der Waals surface area contributed by atoms with Crippen LogP contribution < -0.4 is 0 Å². The third-order valence-corrected chi connectivity index (χ3v) is 3.24. The highest BCUT2D eigenvalue weighted by atomic mass is 35.5. The lowest BCUT2D eigenvalue weighted by atomic mass is 10.2. The van der Waals surface area contributed by atoms with Crippen molar-refractivity contribution in [1.82, 2.24) is 9.80 Å².